The third-order valence-electron chi connectivity index (χ3n) is 3.23. The van der Waals surface area contributed by atoms with Gasteiger partial charge in [0.1, 0.15) is 4.21 Å². The minimum Gasteiger partial charge on any atom is -0.321 e. The van der Waals surface area contributed by atoms with Crippen molar-refractivity contribution in [2.45, 2.75) is 9.10 Å². The molecule has 0 fully saturated rings. The van der Waals surface area contributed by atoms with E-state index in [2.05, 4.69) is 5.32 Å². The molecule has 1 N–H and O–H groups in total. The molecule has 122 valence electrons. The number of hydrogen-bond donors (Lipinski definition) is 1. The quantitative estimate of drug-likeness (QED) is 0.728. The van der Waals surface area contributed by atoms with Gasteiger partial charge in [-0.05, 0) is 48.5 Å². The number of carbonyl (C=O) groups is 1. The highest BCUT2D eigenvalue weighted by molar-refractivity contribution is 7.93. The SMILES string of the molecule is O=C(Nc1ccc(Cl)cc1)c1ccc(S(=O)(=O)c2ccccc2)s1. The van der Waals surface area contributed by atoms with Crippen LogP contribution in [0.25, 0.3) is 0 Å². The van der Waals surface area contributed by atoms with E-state index >= 15 is 0 Å². The molecule has 0 aliphatic rings. The minimum atomic E-state index is -3.61. The number of benzene rings is 2. The molecule has 0 aliphatic carbocycles. The summed E-state index contributed by atoms with van der Waals surface area (Å²) in [5, 5.41) is 3.28. The molecule has 0 saturated carbocycles. The van der Waals surface area contributed by atoms with Crippen LogP contribution in [0.15, 0.2) is 75.8 Å². The number of hydrogen-bond acceptors (Lipinski definition) is 4. The number of nitrogens with one attached hydrogen (secondary N) is 1. The first-order valence-corrected chi connectivity index (χ1v) is 9.61. The van der Waals surface area contributed by atoms with Gasteiger partial charge in [-0.1, -0.05) is 29.8 Å². The van der Waals surface area contributed by atoms with E-state index in [9.17, 15) is 13.2 Å². The molecule has 0 atom stereocenters. The molecule has 0 saturated heterocycles. The Morgan fingerprint density at radius 1 is 0.917 bits per heavy atom. The Balaban J connectivity index is 1.82. The smallest absolute Gasteiger partial charge is 0.265 e. The average molecular weight is 378 g/mol. The molecule has 0 unspecified atom stereocenters. The van der Waals surface area contributed by atoms with Gasteiger partial charge in [0, 0.05) is 10.7 Å². The predicted molar refractivity (Wildman–Crippen MR) is 95.6 cm³/mol. The van der Waals surface area contributed by atoms with E-state index in [0.29, 0.717) is 15.6 Å². The molecule has 0 aliphatic heterocycles. The van der Waals surface area contributed by atoms with Gasteiger partial charge < -0.3 is 5.32 Å². The number of rotatable bonds is 4. The van der Waals surface area contributed by atoms with Gasteiger partial charge in [-0.15, -0.1) is 11.3 Å². The summed E-state index contributed by atoms with van der Waals surface area (Å²) < 4.78 is 25.2. The lowest BCUT2D eigenvalue weighted by Gasteiger charge is -2.03. The summed E-state index contributed by atoms with van der Waals surface area (Å²) in [5.74, 6) is -0.364. The van der Waals surface area contributed by atoms with Crippen LogP contribution in [0.5, 0.6) is 0 Å². The van der Waals surface area contributed by atoms with Gasteiger partial charge in [0.05, 0.1) is 9.77 Å². The van der Waals surface area contributed by atoms with Crippen molar-refractivity contribution in [3.05, 3.63) is 76.6 Å². The van der Waals surface area contributed by atoms with Crippen molar-refractivity contribution >= 4 is 44.4 Å². The first kappa shape index (κ1) is 16.7. The normalized spacial score (nSPS) is 11.2. The summed E-state index contributed by atoms with van der Waals surface area (Å²) in [5.41, 5.74) is 0.588. The van der Waals surface area contributed by atoms with Crippen LogP contribution in [0.4, 0.5) is 5.69 Å². The van der Waals surface area contributed by atoms with Crippen LogP contribution >= 0.6 is 22.9 Å². The Hall–Kier alpha value is -2.15. The zero-order valence-corrected chi connectivity index (χ0v) is 14.7. The summed E-state index contributed by atoms with van der Waals surface area (Å²) in [7, 11) is -3.61. The molecule has 24 heavy (non-hydrogen) atoms. The van der Waals surface area contributed by atoms with Crippen molar-refractivity contribution in [1.29, 1.82) is 0 Å². The van der Waals surface area contributed by atoms with E-state index in [1.807, 2.05) is 0 Å². The Labute approximate surface area is 148 Å². The summed E-state index contributed by atoms with van der Waals surface area (Å²) in [4.78, 5) is 12.8. The van der Waals surface area contributed by atoms with Gasteiger partial charge in [-0.25, -0.2) is 8.42 Å². The standard InChI is InChI=1S/C17H12ClNO3S2/c18-12-6-8-13(9-7-12)19-17(20)15-10-11-16(23-15)24(21,22)14-4-2-1-3-5-14/h1-11H,(H,19,20). The van der Waals surface area contributed by atoms with E-state index in [1.54, 1.807) is 42.5 Å². The molecule has 4 nitrogen and oxygen atoms in total. The Bertz CT molecular complexity index is 965. The third-order valence-corrected chi connectivity index (χ3v) is 6.82. The van der Waals surface area contributed by atoms with Gasteiger partial charge >= 0.3 is 0 Å². The Morgan fingerprint density at radius 3 is 2.25 bits per heavy atom. The van der Waals surface area contributed by atoms with Gasteiger partial charge in [-0.2, -0.15) is 0 Å². The Kier molecular flexibility index (Phi) is 4.71. The predicted octanol–water partition coefficient (Wildman–Crippen LogP) is 4.49. The van der Waals surface area contributed by atoms with Crippen LogP contribution < -0.4 is 5.32 Å². The first-order chi connectivity index (χ1) is 11.5. The summed E-state index contributed by atoms with van der Waals surface area (Å²) in [6, 6.07) is 17.8. The molecule has 3 aromatic rings. The molecule has 3 rings (SSSR count). The van der Waals surface area contributed by atoms with Crippen molar-refractivity contribution in [2.75, 3.05) is 5.32 Å². The van der Waals surface area contributed by atoms with Crippen molar-refractivity contribution in [2.24, 2.45) is 0 Å². The monoisotopic (exact) mass is 377 g/mol. The van der Waals surface area contributed by atoms with Crippen LogP contribution in [0.2, 0.25) is 5.02 Å². The molecule has 0 spiro atoms. The minimum absolute atomic E-state index is 0.134. The fourth-order valence-corrected chi connectivity index (χ4v) is 4.78. The molecule has 2 aromatic carbocycles. The molecule has 1 amide bonds. The second kappa shape index (κ2) is 6.76. The maximum Gasteiger partial charge on any atom is 0.265 e. The van der Waals surface area contributed by atoms with Crippen molar-refractivity contribution in [3.63, 3.8) is 0 Å². The fraction of sp³-hybridized carbons (Fsp3) is 0. The van der Waals surface area contributed by atoms with Gasteiger partial charge in [0.15, 0.2) is 0 Å². The van der Waals surface area contributed by atoms with E-state index in [-0.39, 0.29) is 15.0 Å². The van der Waals surface area contributed by atoms with E-state index in [4.69, 9.17) is 11.6 Å². The maximum atomic E-state index is 12.5. The van der Waals surface area contributed by atoms with E-state index in [0.717, 1.165) is 11.3 Å². The third kappa shape index (κ3) is 3.51. The number of carbonyl (C=O) groups excluding carboxylic acids is 1. The summed E-state index contributed by atoms with van der Waals surface area (Å²) in [6.45, 7) is 0. The molecule has 7 heteroatoms. The lowest BCUT2D eigenvalue weighted by atomic mass is 10.3. The lowest BCUT2D eigenvalue weighted by Crippen LogP contribution is -2.09. The first-order valence-electron chi connectivity index (χ1n) is 6.94. The topological polar surface area (TPSA) is 63.2 Å². The Morgan fingerprint density at radius 2 is 1.58 bits per heavy atom. The largest absolute Gasteiger partial charge is 0.321 e. The molecule has 0 bridgehead atoms. The average Bonchev–Trinajstić information content (AvgIpc) is 3.09. The van der Waals surface area contributed by atoms with Crippen LogP contribution in [-0.4, -0.2) is 14.3 Å². The molecule has 0 radical (unpaired) electrons. The van der Waals surface area contributed by atoms with Crippen LogP contribution in [0, 0.1) is 0 Å². The molecule has 1 aromatic heterocycles. The molecule has 1 heterocycles. The fourth-order valence-electron chi connectivity index (χ4n) is 2.03. The van der Waals surface area contributed by atoms with E-state index in [1.165, 1.54) is 24.3 Å². The molecular formula is C17H12ClNO3S2. The number of halogens is 1. The highest BCUT2D eigenvalue weighted by Gasteiger charge is 2.21. The maximum absolute atomic E-state index is 12.5. The van der Waals surface area contributed by atoms with Gasteiger partial charge in [0.25, 0.3) is 5.91 Å². The van der Waals surface area contributed by atoms with Crippen molar-refractivity contribution < 1.29 is 13.2 Å². The van der Waals surface area contributed by atoms with Crippen LogP contribution in [0.1, 0.15) is 9.67 Å². The van der Waals surface area contributed by atoms with Gasteiger partial charge in [-0.3, -0.25) is 4.79 Å². The second-order valence-corrected chi connectivity index (χ2v) is 8.59. The zero-order valence-electron chi connectivity index (χ0n) is 12.3. The van der Waals surface area contributed by atoms with Crippen LogP contribution in [0.3, 0.4) is 0 Å². The lowest BCUT2D eigenvalue weighted by molar-refractivity contribution is 0.103. The number of thiophene rings is 1. The van der Waals surface area contributed by atoms with Crippen LogP contribution in [-0.2, 0) is 9.84 Å². The highest BCUT2D eigenvalue weighted by Crippen LogP contribution is 2.28. The van der Waals surface area contributed by atoms with Crippen molar-refractivity contribution in [3.8, 4) is 0 Å². The summed E-state index contributed by atoms with van der Waals surface area (Å²) >= 11 is 6.74. The van der Waals surface area contributed by atoms with Crippen molar-refractivity contribution in [1.82, 2.24) is 0 Å². The van der Waals surface area contributed by atoms with E-state index < -0.39 is 9.84 Å². The zero-order chi connectivity index (χ0) is 17.2. The summed E-state index contributed by atoms with van der Waals surface area (Å²) in [6.07, 6.45) is 0. The van der Waals surface area contributed by atoms with Gasteiger partial charge in [0.2, 0.25) is 9.84 Å². The number of sulfone groups is 1. The second-order valence-electron chi connectivity index (χ2n) is 4.90. The number of amides is 1. The number of anilines is 1. The highest BCUT2D eigenvalue weighted by atomic mass is 35.5. The molecular weight excluding hydrogens is 366 g/mol.